The molecule has 2 aromatic heterocycles. The summed E-state index contributed by atoms with van der Waals surface area (Å²) in [6, 6.07) is 8.99. The highest BCUT2D eigenvalue weighted by Crippen LogP contribution is 2.17. The molecular formula is C21H28N6O. The minimum absolute atomic E-state index is 0.182. The van der Waals surface area contributed by atoms with E-state index in [1.807, 2.05) is 58.9 Å². The van der Waals surface area contributed by atoms with Crippen LogP contribution in [-0.4, -0.2) is 64.1 Å². The summed E-state index contributed by atoms with van der Waals surface area (Å²) in [4.78, 5) is 25.0. The van der Waals surface area contributed by atoms with Crippen molar-refractivity contribution < 1.29 is 4.79 Å². The fourth-order valence-electron chi connectivity index (χ4n) is 3.93. The maximum Gasteiger partial charge on any atom is 0.320 e. The minimum Gasteiger partial charge on any atom is -0.323 e. The summed E-state index contributed by atoms with van der Waals surface area (Å²) in [6.45, 7) is 4.88. The number of amides is 2. The smallest absolute Gasteiger partial charge is 0.320 e. The van der Waals surface area contributed by atoms with Crippen LogP contribution in [0.3, 0.4) is 0 Å². The average molecular weight is 380 g/mol. The van der Waals surface area contributed by atoms with Crippen LogP contribution in [0.5, 0.6) is 0 Å². The van der Waals surface area contributed by atoms with Crippen molar-refractivity contribution in [3.8, 4) is 0 Å². The van der Waals surface area contributed by atoms with Crippen LogP contribution in [0.15, 0.2) is 49.1 Å². The average Bonchev–Trinajstić information content (AvgIpc) is 3.42. The van der Waals surface area contributed by atoms with Gasteiger partial charge in [0.2, 0.25) is 0 Å². The molecule has 0 radical (unpaired) electrons. The molecule has 7 heteroatoms. The van der Waals surface area contributed by atoms with Gasteiger partial charge in [-0.3, -0.25) is 9.97 Å². The molecule has 148 valence electrons. The lowest BCUT2D eigenvalue weighted by atomic mass is 10.2. The third-order valence-corrected chi connectivity index (χ3v) is 5.61. The summed E-state index contributed by atoms with van der Waals surface area (Å²) in [5.74, 6) is 0. The first kappa shape index (κ1) is 18.8. The van der Waals surface area contributed by atoms with Gasteiger partial charge in [-0.25, -0.2) is 4.79 Å². The molecule has 2 aliphatic heterocycles. The molecule has 2 N–H and O–H groups in total. The molecule has 2 amide bonds. The van der Waals surface area contributed by atoms with Crippen molar-refractivity contribution in [2.45, 2.75) is 38.0 Å². The van der Waals surface area contributed by atoms with E-state index in [9.17, 15) is 4.79 Å². The van der Waals surface area contributed by atoms with E-state index in [-0.39, 0.29) is 6.03 Å². The number of nitrogens with one attached hydrogen (secondary N) is 2. The number of carbonyl (C=O) groups is 1. The van der Waals surface area contributed by atoms with Crippen molar-refractivity contribution in [1.29, 1.82) is 0 Å². The zero-order valence-corrected chi connectivity index (χ0v) is 16.1. The second-order valence-corrected chi connectivity index (χ2v) is 7.62. The van der Waals surface area contributed by atoms with Gasteiger partial charge in [0.1, 0.15) is 0 Å². The summed E-state index contributed by atoms with van der Waals surface area (Å²) < 4.78 is 0. The van der Waals surface area contributed by atoms with Crippen molar-refractivity contribution in [3.63, 3.8) is 0 Å². The second kappa shape index (κ2) is 9.12. The number of pyridine rings is 2. The maximum atomic E-state index is 12.9. The van der Waals surface area contributed by atoms with Crippen molar-refractivity contribution in [3.05, 3.63) is 60.2 Å². The first-order chi connectivity index (χ1) is 13.8. The highest BCUT2D eigenvalue weighted by Gasteiger charge is 2.32. The third kappa shape index (κ3) is 4.85. The van der Waals surface area contributed by atoms with Gasteiger partial charge in [-0.15, -0.1) is 0 Å². The number of aromatic nitrogens is 2. The molecule has 7 nitrogen and oxygen atoms in total. The van der Waals surface area contributed by atoms with E-state index < -0.39 is 0 Å². The van der Waals surface area contributed by atoms with E-state index in [0.29, 0.717) is 12.1 Å². The standard InChI is InChI=1S/C21H28N6O/c28-21(26-11-5-19(15-26)24-13-17-1-7-22-8-2-17)27-12-6-20(16-27)25-14-18-3-9-23-10-4-18/h1-4,7-10,19-20,24-25H,5-6,11-16H2. The number of urea groups is 1. The topological polar surface area (TPSA) is 73.4 Å². The second-order valence-electron chi connectivity index (χ2n) is 7.62. The fraction of sp³-hybridized carbons (Fsp3) is 0.476. The van der Waals surface area contributed by atoms with Crippen LogP contribution in [0.25, 0.3) is 0 Å². The molecule has 0 aromatic carbocycles. The molecule has 2 saturated heterocycles. The Morgan fingerprint density at radius 3 is 1.68 bits per heavy atom. The molecule has 0 spiro atoms. The van der Waals surface area contributed by atoms with Gasteiger partial charge in [0, 0.05) is 76.1 Å². The van der Waals surface area contributed by atoms with E-state index >= 15 is 0 Å². The van der Waals surface area contributed by atoms with Gasteiger partial charge in [-0.2, -0.15) is 0 Å². The zero-order valence-electron chi connectivity index (χ0n) is 16.1. The zero-order chi connectivity index (χ0) is 19.2. The van der Waals surface area contributed by atoms with E-state index in [2.05, 4.69) is 20.6 Å². The highest BCUT2D eigenvalue weighted by molar-refractivity contribution is 5.75. The lowest BCUT2D eigenvalue weighted by Crippen LogP contribution is -2.43. The minimum atomic E-state index is 0.182. The van der Waals surface area contributed by atoms with Crippen molar-refractivity contribution in [1.82, 2.24) is 30.4 Å². The van der Waals surface area contributed by atoms with E-state index in [1.165, 1.54) is 11.1 Å². The van der Waals surface area contributed by atoms with Crippen LogP contribution in [0.1, 0.15) is 24.0 Å². The SMILES string of the molecule is O=C(N1CCC(NCc2ccncc2)C1)N1CCC(NCc2ccncc2)C1. The van der Waals surface area contributed by atoms with Crippen LogP contribution in [-0.2, 0) is 13.1 Å². The Morgan fingerprint density at radius 1 is 0.821 bits per heavy atom. The quantitative estimate of drug-likeness (QED) is 0.797. The summed E-state index contributed by atoms with van der Waals surface area (Å²) >= 11 is 0. The molecule has 2 fully saturated rings. The molecule has 2 aromatic rings. The van der Waals surface area contributed by atoms with Crippen molar-refractivity contribution in [2.24, 2.45) is 0 Å². The Hall–Kier alpha value is -2.51. The number of carbonyl (C=O) groups excluding carboxylic acids is 1. The molecule has 0 aliphatic carbocycles. The predicted octanol–water partition coefficient (Wildman–Crippen LogP) is 1.62. The molecule has 2 atom stereocenters. The van der Waals surface area contributed by atoms with Crippen LogP contribution in [0.4, 0.5) is 4.79 Å². The number of rotatable bonds is 6. The Balaban J connectivity index is 1.20. The monoisotopic (exact) mass is 380 g/mol. The van der Waals surface area contributed by atoms with E-state index in [1.54, 1.807) is 0 Å². The summed E-state index contributed by atoms with van der Waals surface area (Å²) in [6.07, 6.45) is 9.27. The molecule has 0 saturated carbocycles. The van der Waals surface area contributed by atoms with Gasteiger partial charge in [0.15, 0.2) is 0 Å². The Labute approximate surface area is 166 Å². The van der Waals surface area contributed by atoms with Gasteiger partial charge >= 0.3 is 6.03 Å². The van der Waals surface area contributed by atoms with Crippen LogP contribution in [0.2, 0.25) is 0 Å². The summed E-state index contributed by atoms with van der Waals surface area (Å²) in [5.41, 5.74) is 2.45. The third-order valence-electron chi connectivity index (χ3n) is 5.61. The van der Waals surface area contributed by atoms with Crippen LogP contribution < -0.4 is 10.6 Å². The lowest BCUT2D eigenvalue weighted by molar-refractivity contribution is 0.170. The molecule has 28 heavy (non-hydrogen) atoms. The molecule has 4 heterocycles. The van der Waals surface area contributed by atoms with Crippen molar-refractivity contribution >= 4 is 6.03 Å². The molecule has 0 bridgehead atoms. The highest BCUT2D eigenvalue weighted by atomic mass is 16.2. The van der Waals surface area contributed by atoms with Crippen LogP contribution >= 0.6 is 0 Å². The van der Waals surface area contributed by atoms with Gasteiger partial charge in [0.25, 0.3) is 0 Å². The lowest BCUT2D eigenvalue weighted by Gasteiger charge is -2.24. The molecular weight excluding hydrogens is 352 g/mol. The molecule has 2 unspecified atom stereocenters. The normalized spacial score (nSPS) is 22.0. The van der Waals surface area contributed by atoms with E-state index in [4.69, 9.17) is 0 Å². The van der Waals surface area contributed by atoms with Gasteiger partial charge < -0.3 is 20.4 Å². The Kier molecular flexibility index (Phi) is 6.14. The van der Waals surface area contributed by atoms with E-state index in [0.717, 1.165) is 52.1 Å². The first-order valence-electron chi connectivity index (χ1n) is 10.1. The number of hydrogen-bond acceptors (Lipinski definition) is 5. The van der Waals surface area contributed by atoms with Gasteiger partial charge in [-0.05, 0) is 48.2 Å². The Bertz CT molecular complexity index is 693. The number of likely N-dealkylation sites (tertiary alicyclic amines) is 2. The maximum absolute atomic E-state index is 12.9. The van der Waals surface area contributed by atoms with Gasteiger partial charge in [0.05, 0.1) is 0 Å². The largest absolute Gasteiger partial charge is 0.323 e. The predicted molar refractivity (Wildman–Crippen MR) is 108 cm³/mol. The fourth-order valence-corrected chi connectivity index (χ4v) is 3.93. The Morgan fingerprint density at radius 2 is 1.25 bits per heavy atom. The first-order valence-corrected chi connectivity index (χ1v) is 10.1. The summed E-state index contributed by atoms with van der Waals surface area (Å²) in [7, 11) is 0. The molecule has 2 aliphatic rings. The number of hydrogen-bond donors (Lipinski definition) is 2. The van der Waals surface area contributed by atoms with Crippen LogP contribution in [0, 0.1) is 0 Å². The summed E-state index contributed by atoms with van der Waals surface area (Å²) in [5, 5.41) is 7.13. The van der Waals surface area contributed by atoms with Gasteiger partial charge in [-0.1, -0.05) is 0 Å². The van der Waals surface area contributed by atoms with Crippen molar-refractivity contribution in [2.75, 3.05) is 26.2 Å². The number of nitrogens with zero attached hydrogens (tertiary/aromatic N) is 4. The molecule has 4 rings (SSSR count).